The molecule has 30 heavy (non-hydrogen) atoms. The molecule has 1 atom stereocenters. The van der Waals surface area contributed by atoms with Crippen molar-refractivity contribution >= 4 is 22.5 Å². The molecule has 0 bridgehead atoms. The van der Waals surface area contributed by atoms with Crippen LogP contribution in [-0.2, 0) is 4.79 Å². The number of carbonyl (C=O) groups excluding carboxylic acids is 1. The Morgan fingerprint density at radius 2 is 1.80 bits per heavy atom. The maximum atomic E-state index is 12.6. The Balaban J connectivity index is 1.83. The van der Waals surface area contributed by atoms with Crippen LogP contribution in [0.5, 0.6) is 5.75 Å². The van der Waals surface area contributed by atoms with E-state index in [0.717, 1.165) is 12.4 Å². The second kappa shape index (κ2) is 8.71. The molecular formula is C22H21F3N2O3. The molecule has 8 heteroatoms. The number of hydrogen-bond acceptors (Lipinski definition) is 4. The lowest BCUT2D eigenvalue weighted by Gasteiger charge is -2.19. The molecule has 1 amide bonds. The van der Waals surface area contributed by atoms with Crippen molar-refractivity contribution in [2.45, 2.75) is 25.6 Å². The van der Waals surface area contributed by atoms with E-state index >= 15 is 0 Å². The van der Waals surface area contributed by atoms with Gasteiger partial charge in [-0.1, -0.05) is 25.1 Å². The number of aromatic nitrogens is 1. The lowest BCUT2D eigenvalue weighted by atomic mass is 10.1. The first-order valence-electron chi connectivity index (χ1n) is 9.36. The molecule has 1 unspecified atom stereocenters. The van der Waals surface area contributed by atoms with E-state index in [2.05, 4.69) is 4.98 Å². The predicted molar refractivity (Wildman–Crippen MR) is 108 cm³/mol. The van der Waals surface area contributed by atoms with Crippen LogP contribution in [0.4, 0.5) is 18.9 Å². The third-order valence-electron chi connectivity index (χ3n) is 4.67. The van der Waals surface area contributed by atoms with Crippen LogP contribution < -0.4 is 9.64 Å². The molecule has 0 fully saturated rings. The highest BCUT2D eigenvalue weighted by atomic mass is 19.4. The molecule has 2 aromatic carbocycles. The van der Waals surface area contributed by atoms with Crippen molar-refractivity contribution in [3.63, 3.8) is 0 Å². The first kappa shape index (κ1) is 21.6. The number of amides is 1. The molecule has 0 saturated heterocycles. The van der Waals surface area contributed by atoms with Crippen LogP contribution in [0.15, 0.2) is 54.6 Å². The molecule has 0 spiro atoms. The van der Waals surface area contributed by atoms with Gasteiger partial charge >= 0.3 is 12.1 Å². The molecule has 0 saturated carbocycles. The summed E-state index contributed by atoms with van der Waals surface area (Å²) in [5.74, 6) is -1.35. The number of pyridine rings is 1. The monoisotopic (exact) mass is 418 g/mol. The standard InChI is InChI=1S/C22H21F3N2O3/c1-3-17(28)13-30-18-10-6-15-7-11-19(26-20(15)12-18)14-4-8-16(9-5-14)27(2)21(29)22(23,24)25/h4-12,17,28H,3,13H2,1-2H3. The summed E-state index contributed by atoms with van der Waals surface area (Å²) in [5, 5.41) is 10.5. The van der Waals surface area contributed by atoms with Gasteiger partial charge in [0.25, 0.3) is 0 Å². The molecule has 1 aromatic heterocycles. The van der Waals surface area contributed by atoms with Gasteiger partial charge in [-0.25, -0.2) is 4.98 Å². The molecule has 158 valence electrons. The van der Waals surface area contributed by atoms with Crippen LogP contribution in [0.1, 0.15) is 13.3 Å². The average molecular weight is 418 g/mol. The van der Waals surface area contributed by atoms with Crippen molar-refractivity contribution in [2.75, 3.05) is 18.6 Å². The number of aliphatic hydroxyl groups excluding tert-OH is 1. The second-order valence-electron chi connectivity index (χ2n) is 6.83. The summed E-state index contributed by atoms with van der Waals surface area (Å²) in [7, 11) is 1.08. The number of benzene rings is 2. The van der Waals surface area contributed by atoms with Crippen molar-refractivity contribution in [3.8, 4) is 17.0 Å². The highest BCUT2D eigenvalue weighted by molar-refractivity contribution is 5.97. The number of hydrogen-bond donors (Lipinski definition) is 1. The summed E-state index contributed by atoms with van der Waals surface area (Å²) in [5.41, 5.74) is 2.14. The van der Waals surface area contributed by atoms with Crippen molar-refractivity contribution < 1.29 is 27.8 Å². The quantitative estimate of drug-likeness (QED) is 0.637. The minimum atomic E-state index is -4.93. The van der Waals surface area contributed by atoms with Crippen molar-refractivity contribution in [1.82, 2.24) is 4.98 Å². The van der Waals surface area contributed by atoms with Gasteiger partial charge in [0.1, 0.15) is 12.4 Å². The molecule has 0 aliphatic rings. The fourth-order valence-electron chi connectivity index (χ4n) is 2.82. The number of rotatable bonds is 6. The highest BCUT2D eigenvalue weighted by Crippen LogP contribution is 2.27. The average Bonchev–Trinajstić information content (AvgIpc) is 2.75. The highest BCUT2D eigenvalue weighted by Gasteiger charge is 2.41. The normalized spacial score (nSPS) is 12.6. The SMILES string of the molecule is CCC(O)COc1ccc2ccc(-c3ccc(N(C)C(=O)C(F)(F)F)cc3)nc2c1. The lowest BCUT2D eigenvalue weighted by molar-refractivity contribution is -0.170. The van der Waals surface area contributed by atoms with E-state index in [1.165, 1.54) is 12.1 Å². The topological polar surface area (TPSA) is 62.7 Å². The number of ether oxygens (including phenoxy) is 1. The van der Waals surface area contributed by atoms with E-state index in [0.29, 0.717) is 33.8 Å². The van der Waals surface area contributed by atoms with Gasteiger partial charge in [-0.05, 0) is 36.8 Å². The minimum Gasteiger partial charge on any atom is -0.491 e. The molecule has 5 nitrogen and oxygen atoms in total. The van der Waals surface area contributed by atoms with Gasteiger partial charge in [-0.2, -0.15) is 13.2 Å². The zero-order chi connectivity index (χ0) is 21.9. The van der Waals surface area contributed by atoms with E-state index in [-0.39, 0.29) is 12.3 Å². The molecule has 3 rings (SSSR count). The molecule has 1 heterocycles. The second-order valence-corrected chi connectivity index (χ2v) is 6.83. The van der Waals surface area contributed by atoms with E-state index in [4.69, 9.17) is 4.74 Å². The molecular weight excluding hydrogens is 397 g/mol. The fourth-order valence-corrected chi connectivity index (χ4v) is 2.82. The smallest absolute Gasteiger partial charge is 0.471 e. The first-order chi connectivity index (χ1) is 14.2. The number of alkyl halides is 3. The third kappa shape index (κ3) is 4.88. The summed E-state index contributed by atoms with van der Waals surface area (Å²) in [4.78, 5) is 16.5. The Morgan fingerprint density at radius 1 is 1.13 bits per heavy atom. The lowest BCUT2D eigenvalue weighted by Crippen LogP contribution is -2.38. The van der Waals surface area contributed by atoms with Crippen LogP contribution in [-0.4, -0.2) is 41.9 Å². The largest absolute Gasteiger partial charge is 0.491 e. The first-order valence-corrected chi connectivity index (χ1v) is 9.36. The molecule has 1 N–H and O–H groups in total. The van der Waals surface area contributed by atoms with Gasteiger partial charge in [-0.3, -0.25) is 4.79 Å². The van der Waals surface area contributed by atoms with Crippen molar-refractivity contribution in [1.29, 1.82) is 0 Å². The molecule has 0 aliphatic heterocycles. The Bertz CT molecular complexity index is 1040. The van der Waals surface area contributed by atoms with Crippen molar-refractivity contribution in [3.05, 3.63) is 54.6 Å². The number of fused-ring (bicyclic) bond motifs is 1. The summed E-state index contributed by atoms with van der Waals surface area (Å²) >= 11 is 0. The van der Waals surface area contributed by atoms with Crippen LogP contribution in [0.3, 0.4) is 0 Å². The summed E-state index contributed by atoms with van der Waals surface area (Å²) < 4.78 is 43.4. The molecule has 0 radical (unpaired) electrons. The van der Waals surface area contributed by atoms with Crippen molar-refractivity contribution in [2.24, 2.45) is 0 Å². The van der Waals surface area contributed by atoms with E-state index in [1.54, 1.807) is 24.3 Å². The van der Waals surface area contributed by atoms with Crippen LogP contribution in [0.2, 0.25) is 0 Å². The van der Waals surface area contributed by atoms with Gasteiger partial charge < -0.3 is 14.7 Å². The number of nitrogens with zero attached hydrogens (tertiary/aromatic N) is 2. The summed E-state index contributed by atoms with van der Waals surface area (Å²) in [6.07, 6.45) is -4.88. The maximum absolute atomic E-state index is 12.6. The van der Waals surface area contributed by atoms with Crippen LogP contribution in [0.25, 0.3) is 22.2 Å². The maximum Gasteiger partial charge on any atom is 0.471 e. The van der Waals surface area contributed by atoms with Gasteiger partial charge in [0.05, 0.1) is 17.3 Å². The van der Waals surface area contributed by atoms with Gasteiger partial charge in [0, 0.05) is 29.8 Å². The summed E-state index contributed by atoms with van der Waals surface area (Å²) in [6, 6.07) is 15.2. The Hall–Kier alpha value is -3.13. The van der Waals surface area contributed by atoms with E-state index < -0.39 is 18.2 Å². The number of aliphatic hydroxyl groups is 1. The fraction of sp³-hybridized carbons (Fsp3) is 0.273. The number of carbonyl (C=O) groups is 1. The van der Waals surface area contributed by atoms with E-state index in [1.807, 2.05) is 25.1 Å². The van der Waals surface area contributed by atoms with E-state index in [9.17, 15) is 23.1 Å². The minimum absolute atomic E-state index is 0.132. The zero-order valence-corrected chi connectivity index (χ0v) is 16.5. The molecule has 3 aromatic rings. The zero-order valence-electron chi connectivity index (χ0n) is 16.5. The third-order valence-corrected chi connectivity index (χ3v) is 4.67. The Labute approximate surface area is 171 Å². The van der Waals surface area contributed by atoms with Gasteiger partial charge in [-0.15, -0.1) is 0 Å². The molecule has 0 aliphatic carbocycles. The van der Waals surface area contributed by atoms with Crippen LogP contribution in [0, 0.1) is 0 Å². The van der Waals surface area contributed by atoms with Gasteiger partial charge in [0.2, 0.25) is 0 Å². The Morgan fingerprint density at radius 3 is 2.43 bits per heavy atom. The predicted octanol–water partition coefficient (Wildman–Crippen LogP) is 4.58. The van der Waals surface area contributed by atoms with Gasteiger partial charge in [0.15, 0.2) is 0 Å². The Kier molecular flexibility index (Phi) is 6.26. The number of halogens is 3. The van der Waals surface area contributed by atoms with Crippen LogP contribution >= 0.6 is 0 Å². The summed E-state index contributed by atoms with van der Waals surface area (Å²) in [6.45, 7) is 2.05. The number of anilines is 1.